The molecule has 2 aromatic rings. The average molecular weight is 482 g/mol. The third-order valence-corrected chi connectivity index (χ3v) is 4.86. The molecule has 7 heteroatoms. The molecule has 2 N–H and O–H groups in total. The van der Waals surface area contributed by atoms with Gasteiger partial charge in [0.1, 0.15) is 0 Å². The molecule has 1 saturated heterocycles. The van der Waals surface area contributed by atoms with Crippen molar-refractivity contribution in [3.05, 3.63) is 47.8 Å². The van der Waals surface area contributed by atoms with Gasteiger partial charge in [0.05, 0.1) is 18.3 Å². The highest BCUT2D eigenvalue weighted by Crippen LogP contribution is 2.23. The van der Waals surface area contributed by atoms with E-state index in [1.807, 2.05) is 17.8 Å². The molecular formula is C20H31IN6. The van der Waals surface area contributed by atoms with Gasteiger partial charge in [-0.15, -0.1) is 24.0 Å². The fourth-order valence-corrected chi connectivity index (χ4v) is 3.29. The quantitative estimate of drug-likeness (QED) is 0.376. The molecule has 27 heavy (non-hydrogen) atoms. The Balaban J connectivity index is 0.00000261. The van der Waals surface area contributed by atoms with Gasteiger partial charge in [0.15, 0.2) is 5.96 Å². The number of nitrogens with zero attached hydrogens (tertiary/aromatic N) is 4. The zero-order chi connectivity index (χ0) is 18.4. The molecule has 6 nitrogen and oxygen atoms in total. The minimum absolute atomic E-state index is 0. The normalized spacial score (nSPS) is 15.4. The molecule has 3 rings (SSSR count). The number of nitrogens with one attached hydrogen (secondary N) is 2. The Kier molecular flexibility index (Phi) is 8.40. The molecule has 0 saturated carbocycles. The summed E-state index contributed by atoms with van der Waals surface area (Å²) in [6.07, 6.45) is 4.39. The number of aryl methyl sites for hydroxylation is 1. The number of hydrogen-bond acceptors (Lipinski definition) is 3. The first-order valence-electron chi connectivity index (χ1n) is 9.54. The van der Waals surface area contributed by atoms with E-state index < -0.39 is 0 Å². The number of guanidine groups is 1. The monoisotopic (exact) mass is 482 g/mol. The van der Waals surface area contributed by atoms with E-state index in [1.165, 1.54) is 37.2 Å². The minimum atomic E-state index is 0. The maximum atomic E-state index is 4.71. The van der Waals surface area contributed by atoms with Gasteiger partial charge >= 0.3 is 0 Å². The van der Waals surface area contributed by atoms with E-state index in [-0.39, 0.29) is 30.0 Å². The molecule has 0 radical (unpaired) electrons. The largest absolute Gasteiger partial charge is 0.372 e. The molecule has 1 atom stereocenters. The molecule has 0 amide bonds. The summed E-state index contributed by atoms with van der Waals surface area (Å²) in [5, 5.41) is 11.1. The zero-order valence-corrected chi connectivity index (χ0v) is 18.8. The predicted molar refractivity (Wildman–Crippen MR) is 123 cm³/mol. The Morgan fingerprint density at radius 2 is 2.04 bits per heavy atom. The van der Waals surface area contributed by atoms with E-state index in [0.29, 0.717) is 6.54 Å². The van der Waals surface area contributed by atoms with Crippen LogP contribution < -0.4 is 15.5 Å². The van der Waals surface area contributed by atoms with Crippen LogP contribution in [0.5, 0.6) is 0 Å². The Bertz CT molecular complexity index is 736. The van der Waals surface area contributed by atoms with E-state index in [4.69, 9.17) is 4.99 Å². The highest BCUT2D eigenvalue weighted by atomic mass is 127. The number of aromatic nitrogens is 2. The van der Waals surface area contributed by atoms with Crippen molar-refractivity contribution >= 4 is 35.6 Å². The van der Waals surface area contributed by atoms with Crippen molar-refractivity contribution < 1.29 is 0 Å². The maximum Gasteiger partial charge on any atom is 0.192 e. The van der Waals surface area contributed by atoms with Crippen molar-refractivity contribution in [2.45, 2.75) is 39.3 Å². The molecule has 1 unspecified atom stereocenters. The van der Waals surface area contributed by atoms with Crippen LogP contribution in [0.2, 0.25) is 0 Å². The Morgan fingerprint density at radius 3 is 2.70 bits per heavy atom. The van der Waals surface area contributed by atoms with E-state index in [9.17, 15) is 0 Å². The number of aliphatic imine (C=N–C) groups is 1. The van der Waals surface area contributed by atoms with Crippen LogP contribution in [-0.2, 0) is 13.6 Å². The SMILES string of the molecule is CCNC(=NCc1ccnn1C)NC(C)c1cccc(N2CCCC2)c1.I. The van der Waals surface area contributed by atoms with Gasteiger partial charge in [0, 0.05) is 38.6 Å². The molecular weight excluding hydrogens is 451 g/mol. The predicted octanol–water partition coefficient (Wildman–Crippen LogP) is 3.45. The van der Waals surface area contributed by atoms with Gasteiger partial charge in [-0.05, 0) is 50.5 Å². The molecule has 1 fully saturated rings. The van der Waals surface area contributed by atoms with E-state index in [2.05, 4.69) is 58.7 Å². The molecule has 1 aromatic carbocycles. The van der Waals surface area contributed by atoms with Crippen molar-refractivity contribution in [3.8, 4) is 0 Å². The Hall–Kier alpha value is -1.77. The second kappa shape index (κ2) is 10.5. The van der Waals surface area contributed by atoms with E-state index >= 15 is 0 Å². The van der Waals surface area contributed by atoms with Crippen LogP contribution in [0.25, 0.3) is 0 Å². The van der Waals surface area contributed by atoms with Gasteiger partial charge in [0.2, 0.25) is 0 Å². The lowest BCUT2D eigenvalue weighted by Gasteiger charge is -2.22. The van der Waals surface area contributed by atoms with Crippen molar-refractivity contribution in [1.29, 1.82) is 0 Å². The number of benzene rings is 1. The van der Waals surface area contributed by atoms with Crippen LogP contribution in [0.3, 0.4) is 0 Å². The smallest absolute Gasteiger partial charge is 0.192 e. The number of halogens is 1. The molecule has 1 aliphatic rings. The molecule has 0 bridgehead atoms. The topological polar surface area (TPSA) is 57.5 Å². The first-order valence-corrected chi connectivity index (χ1v) is 9.54. The average Bonchev–Trinajstić information content (AvgIpc) is 3.32. The summed E-state index contributed by atoms with van der Waals surface area (Å²) >= 11 is 0. The fourth-order valence-electron chi connectivity index (χ4n) is 3.29. The zero-order valence-electron chi connectivity index (χ0n) is 16.5. The van der Waals surface area contributed by atoms with Crippen LogP contribution in [-0.4, -0.2) is 35.4 Å². The van der Waals surface area contributed by atoms with E-state index in [0.717, 1.165) is 18.2 Å². The Labute approximate surface area is 179 Å². The van der Waals surface area contributed by atoms with Crippen molar-refractivity contribution in [2.24, 2.45) is 12.0 Å². The summed E-state index contributed by atoms with van der Waals surface area (Å²) < 4.78 is 1.86. The van der Waals surface area contributed by atoms with Gasteiger partial charge in [-0.25, -0.2) is 4.99 Å². The van der Waals surface area contributed by atoms with Gasteiger partial charge < -0.3 is 15.5 Å². The summed E-state index contributed by atoms with van der Waals surface area (Å²) in [5.41, 5.74) is 3.69. The summed E-state index contributed by atoms with van der Waals surface area (Å²) in [5.74, 6) is 0.827. The molecule has 0 aliphatic carbocycles. The third-order valence-electron chi connectivity index (χ3n) is 4.86. The first kappa shape index (κ1) is 21.5. The van der Waals surface area contributed by atoms with Crippen LogP contribution in [0.15, 0.2) is 41.5 Å². The minimum Gasteiger partial charge on any atom is -0.372 e. The lowest BCUT2D eigenvalue weighted by Crippen LogP contribution is -2.38. The van der Waals surface area contributed by atoms with Crippen molar-refractivity contribution in [3.63, 3.8) is 0 Å². The molecule has 1 aliphatic heterocycles. The summed E-state index contributed by atoms with van der Waals surface area (Å²) in [4.78, 5) is 7.18. The van der Waals surface area contributed by atoms with Crippen LogP contribution >= 0.6 is 24.0 Å². The van der Waals surface area contributed by atoms with Crippen molar-refractivity contribution in [2.75, 3.05) is 24.5 Å². The third kappa shape index (κ3) is 5.85. The van der Waals surface area contributed by atoms with Crippen molar-refractivity contribution in [1.82, 2.24) is 20.4 Å². The maximum absolute atomic E-state index is 4.71. The molecule has 1 aromatic heterocycles. The molecule has 0 spiro atoms. The summed E-state index contributed by atoms with van der Waals surface area (Å²) in [7, 11) is 1.94. The Morgan fingerprint density at radius 1 is 1.26 bits per heavy atom. The second-order valence-electron chi connectivity index (χ2n) is 6.80. The van der Waals surface area contributed by atoms with Crippen LogP contribution in [0.1, 0.15) is 44.0 Å². The van der Waals surface area contributed by atoms with Gasteiger partial charge in [-0.3, -0.25) is 4.68 Å². The molecule has 2 heterocycles. The van der Waals surface area contributed by atoms with Gasteiger partial charge in [-0.1, -0.05) is 12.1 Å². The number of hydrogen-bond donors (Lipinski definition) is 2. The summed E-state index contributed by atoms with van der Waals surface area (Å²) in [6.45, 7) is 8.03. The highest BCUT2D eigenvalue weighted by molar-refractivity contribution is 14.0. The lowest BCUT2D eigenvalue weighted by atomic mass is 10.1. The summed E-state index contributed by atoms with van der Waals surface area (Å²) in [6, 6.07) is 11.0. The van der Waals surface area contributed by atoms with Crippen LogP contribution in [0, 0.1) is 0 Å². The first-order chi connectivity index (χ1) is 12.7. The van der Waals surface area contributed by atoms with E-state index in [1.54, 1.807) is 6.20 Å². The fraction of sp³-hybridized carbons (Fsp3) is 0.500. The number of rotatable bonds is 6. The van der Waals surface area contributed by atoms with Gasteiger partial charge in [0.25, 0.3) is 0 Å². The standard InChI is InChI=1S/C20H30N6.HI/c1-4-21-20(22-15-19-10-11-23-25(19)3)24-16(2)17-8-7-9-18(14-17)26-12-5-6-13-26;/h7-11,14,16H,4-6,12-13,15H2,1-3H3,(H2,21,22,24);1H. The van der Waals surface area contributed by atoms with Gasteiger partial charge in [-0.2, -0.15) is 5.10 Å². The highest BCUT2D eigenvalue weighted by Gasteiger charge is 2.14. The molecule has 148 valence electrons. The van der Waals surface area contributed by atoms with Crippen LogP contribution in [0.4, 0.5) is 5.69 Å². The lowest BCUT2D eigenvalue weighted by molar-refractivity contribution is 0.676. The number of anilines is 1. The second-order valence-corrected chi connectivity index (χ2v) is 6.80.